The van der Waals surface area contributed by atoms with Crippen LogP contribution in [0, 0.1) is 6.92 Å². The predicted octanol–water partition coefficient (Wildman–Crippen LogP) is 5.10. The highest BCUT2D eigenvalue weighted by molar-refractivity contribution is 7.18. The van der Waals surface area contributed by atoms with Gasteiger partial charge in [-0.2, -0.15) is 0 Å². The number of ether oxygens (including phenoxy) is 1. The van der Waals surface area contributed by atoms with E-state index in [1.54, 1.807) is 36.7 Å². The van der Waals surface area contributed by atoms with Crippen molar-refractivity contribution in [3.63, 3.8) is 0 Å². The van der Waals surface area contributed by atoms with Crippen molar-refractivity contribution in [3.8, 4) is 0 Å². The minimum atomic E-state index is -0.569. The third kappa shape index (κ3) is 6.89. The smallest absolute Gasteiger partial charge is 0.412 e. The summed E-state index contributed by atoms with van der Waals surface area (Å²) in [5.41, 5.74) is 8.97. The second kappa shape index (κ2) is 11.6. The maximum Gasteiger partial charge on any atom is 0.412 e. The number of nitrogens with one attached hydrogen (secondary N) is 2. The standard InChI is InChI=1S/C20H20N4O3S.C2H6/c1-13-4-5-16(15(21)11-13)23-19(25)17-6-7-18(28-17)24-20(26)27-10-8-14-3-2-9-22-12-14;1-2/h2-7,9,11-12H,8,10,21H2,1H3,(H,23,25)(H,24,26);1-2H3. The van der Waals surface area contributed by atoms with Crippen LogP contribution in [0.1, 0.15) is 34.6 Å². The number of aromatic nitrogens is 1. The quantitative estimate of drug-likeness (QED) is 0.475. The fourth-order valence-electron chi connectivity index (χ4n) is 2.45. The molecule has 0 atom stereocenters. The third-order valence-corrected chi connectivity index (χ3v) is 4.86. The number of benzene rings is 1. The third-order valence-electron chi connectivity index (χ3n) is 3.86. The van der Waals surface area contributed by atoms with Crippen molar-refractivity contribution >= 4 is 39.7 Å². The van der Waals surface area contributed by atoms with Gasteiger partial charge in [0.1, 0.15) is 0 Å². The van der Waals surface area contributed by atoms with Gasteiger partial charge in [-0.1, -0.05) is 26.0 Å². The van der Waals surface area contributed by atoms with Crippen LogP contribution in [0.4, 0.5) is 21.2 Å². The molecule has 1 aromatic carbocycles. The normalized spacial score (nSPS) is 9.83. The van der Waals surface area contributed by atoms with Crippen LogP contribution in [0.2, 0.25) is 0 Å². The number of rotatable bonds is 6. The summed E-state index contributed by atoms with van der Waals surface area (Å²) in [6.45, 7) is 6.16. The van der Waals surface area contributed by atoms with Gasteiger partial charge in [0.25, 0.3) is 5.91 Å². The van der Waals surface area contributed by atoms with Crippen LogP contribution in [-0.2, 0) is 11.2 Å². The molecule has 0 aliphatic rings. The van der Waals surface area contributed by atoms with Crippen molar-refractivity contribution in [3.05, 3.63) is 70.9 Å². The highest BCUT2D eigenvalue weighted by Crippen LogP contribution is 2.25. The van der Waals surface area contributed by atoms with Crippen molar-refractivity contribution < 1.29 is 14.3 Å². The zero-order valence-corrected chi connectivity index (χ0v) is 18.1. The van der Waals surface area contributed by atoms with Crippen molar-refractivity contribution in [2.75, 3.05) is 23.0 Å². The number of amides is 2. The lowest BCUT2D eigenvalue weighted by Gasteiger charge is -2.07. The Balaban J connectivity index is 0.00000155. The molecule has 4 N–H and O–H groups in total. The lowest BCUT2D eigenvalue weighted by molar-refractivity contribution is 0.103. The first kappa shape index (κ1) is 22.9. The number of nitrogens with two attached hydrogens (primary N) is 1. The van der Waals surface area contributed by atoms with Crippen LogP contribution in [0.5, 0.6) is 0 Å². The number of nitrogens with zero attached hydrogens (tertiary/aromatic N) is 1. The lowest BCUT2D eigenvalue weighted by Crippen LogP contribution is -2.14. The van der Waals surface area contributed by atoms with Gasteiger partial charge in [-0.15, -0.1) is 11.3 Å². The van der Waals surface area contributed by atoms with E-state index in [0.717, 1.165) is 22.5 Å². The Kier molecular flexibility index (Phi) is 8.83. The number of thiophene rings is 1. The summed E-state index contributed by atoms with van der Waals surface area (Å²) in [7, 11) is 0. The van der Waals surface area contributed by atoms with Gasteiger partial charge >= 0.3 is 6.09 Å². The molecule has 30 heavy (non-hydrogen) atoms. The van der Waals surface area contributed by atoms with Crippen molar-refractivity contribution in [1.29, 1.82) is 0 Å². The first-order valence-electron chi connectivity index (χ1n) is 9.61. The number of aryl methyl sites for hydroxylation is 1. The van der Waals surface area contributed by atoms with E-state index in [9.17, 15) is 9.59 Å². The molecule has 7 nitrogen and oxygen atoms in total. The van der Waals surface area contributed by atoms with E-state index < -0.39 is 6.09 Å². The molecule has 158 valence electrons. The predicted molar refractivity (Wildman–Crippen MR) is 122 cm³/mol. The van der Waals surface area contributed by atoms with E-state index in [0.29, 0.717) is 27.7 Å². The van der Waals surface area contributed by atoms with Crippen LogP contribution in [0.3, 0.4) is 0 Å². The Morgan fingerprint density at radius 1 is 1.13 bits per heavy atom. The lowest BCUT2D eigenvalue weighted by atomic mass is 10.2. The molecule has 2 aromatic heterocycles. The highest BCUT2D eigenvalue weighted by Gasteiger charge is 2.13. The molecule has 0 aliphatic carbocycles. The molecule has 3 aromatic rings. The van der Waals surface area contributed by atoms with E-state index in [1.165, 1.54) is 0 Å². The Bertz CT molecular complexity index is 974. The maximum atomic E-state index is 12.4. The summed E-state index contributed by atoms with van der Waals surface area (Å²) in [6.07, 6.45) is 3.43. The number of pyridine rings is 1. The van der Waals surface area contributed by atoms with Gasteiger partial charge < -0.3 is 15.8 Å². The first-order valence-corrected chi connectivity index (χ1v) is 10.4. The second-order valence-corrected chi connectivity index (χ2v) is 7.16. The van der Waals surface area contributed by atoms with Crippen molar-refractivity contribution in [2.24, 2.45) is 0 Å². The molecule has 0 radical (unpaired) electrons. The van der Waals surface area contributed by atoms with Crippen LogP contribution in [-0.4, -0.2) is 23.6 Å². The molecule has 0 fully saturated rings. The molecular weight excluding hydrogens is 400 g/mol. The number of hydrogen-bond donors (Lipinski definition) is 3. The summed E-state index contributed by atoms with van der Waals surface area (Å²) in [5.74, 6) is -0.293. The summed E-state index contributed by atoms with van der Waals surface area (Å²) in [5, 5.41) is 5.91. The second-order valence-electron chi connectivity index (χ2n) is 6.08. The molecule has 0 saturated carbocycles. The van der Waals surface area contributed by atoms with Crippen LogP contribution in [0.25, 0.3) is 0 Å². The van der Waals surface area contributed by atoms with Crippen molar-refractivity contribution in [1.82, 2.24) is 4.98 Å². The number of carbonyl (C=O) groups is 2. The molecule has 0 saturated heterocycles. The minimum absolute atomic E-state index is 0.239. The fourth-order valence-corrected chi connectivity index (χ4v) is 3.24. The van der Waals surface area contributed by atoms with Crippen molar-refractivity contribution in [2.45, 2.75) is 27.2 Å². The van der Waals surface area contributed by atoms with Crippen LogP contribution >= 0.6 is 11.3 Å². The number of carbonyl (C=O) groups excluding carboxylic acids is 2. The maximum absolute atomic E-state index is 12.4. The van der Waals surface area contributed by atoms with E-state index in [1.807, 2.05) is 39.0 Å². The van der Waals surface area contributed by atoms with E-state index in [4.69, 9.17) is 10.5 Å². The molecule has 0 spiro atoms. The van der Waals surface area contributed by atoms with Gasteiger partial charge in [0.05, 0.1) is 27.9 Å². The summed E-state index contributed by atoms with van der Waals surface area (Å²) < 4.78 is 5.15. The molecule has 0 aliphatic heterocycles. The molecule has 0 unspecified atom stereocenters. The first-order chi connectivity index (χ1) is 14.5. The average Bonchev–Trinajstić information content (AvgIpc) is 3.21. The average molecular weight is 427 g/mol. The van der Waals surface area contributed by atoms with Gasteiger partial charge in [0.15, 0.2) is 0 Å². The SMILES string of the molecule is CC.Cc1ccc(NC(=O)c2ccc(NC(=O)OCCc3cccnc3)s2)c(N)c1. The van der Waals surface area contributed by atoms with Gasteiger partial charge in [-0.25, -0.2) is 4.79 Å². The van der Waals surface area contributed by atoms with E-state index in [2.05, 4.69) is 15.6 Å². The molecule has 2 amide bonds. The summed E-state index contributed by atoms with van der Waals surface area (Å²) >= 11 is 1.15. The summed E-state index contributed by atoms with van der Waals surface area (Å²) in [6, 6.07) is 12.5. The molecule has 2 heterocycles. The van der Waals surface area contributed by atoms with Gasteiger partial charge in [-0.05, 0) is 48.4 Å². The highest BCUT2D eigenvalue weighted by atomic mass is 32.1. The van der Waals surface area contributed by atoms with Crippen LogP contribution in [0.15, 0.2) is 54.9 Å². The van der Waals surface area contributed by atoms with Gasteiger partial charge in [-0.3, -0.25) is 15.1 Å². The van der Waals surface area contributed by atoms with E-state index >= 15 is 0 Å². The molecule has 0 bridgehead atoms. The van der Waals surface area contributed by atoms with E-state index in [-0.39, 0.29) is 12.5 Å². The summed E-state index contributed by atoms with van der Waals surface area (Å²) in [4.78, 5) is 28.7. The van der Waals surface area contributed by atoms with Gasteiger partial charge in [0.2, 0.25) is 0 Å². The fraction of sp³-hybridized carbons (Fsp3) is 0.227. The number of hydrogen-bond acceptors (Lipinski definition) is 6. The molecular formula is C22H26N4O3S. The zero-order valence-electron chi connectivity index (χ0n) is 17.3. The monoisotopic (exact) mass is 426 g/mol. The number of nitrogen functional groups attached to an aromatic ring is 1. The van der Waals surface area contributed by atoms with Gasteiger partial charge in [0, 0.05) is 18.8 Å². The Morgan fingerprint density at radius 2 is 1.93 bits per heavy atom. The Hall–Kier alpha value is -3.39. The largest absolute Gasteiger partial charge is 0.449 e. The number of anilines is 3. The zero-order chi connectivity index (χ0) is 21.9. The Morgan fingerprint density at radius 3 is 2.63 bits per heavy atom. The molecule has 8 heteroatoms. The topological polar surface area (TPSA) is 106 Å². The molecule has 3 rings (SSSR count). The van der Waals surface area contributed by atoms with Crippen LogP contribution < -0.4 is 16.4 Å². The Labute approximate surface area is 180 Å². The minimum Gasteiger partial charge on any atom is -0.449 e.